The van der Waals surface area contributed by atoms with Crippen molar-refractivity contribution in [2.75, 3.05) is 6.61 Å². The molecule has 0 atom stereocenters. The number of hydrogen-bond acceptors (Lipinski definition) is 7. The van der Waals surface area contributed by atoms with Gasteiger partial charge < -0.3 is 13.9 Å². The lowest BCUT2D eigenvalue weighted by Gasteiger charge is -2.14. The molecule has 7 nitrogen and oxygen atoms in total. The van der Waals surface area contributed by atoms with Gasteiger partial charge in [-0.15, -0.1) is 0 Å². The van der Waals surface area contributed by atoms with E-state index in [1.165, 1.54) is 6.92 Å². The number of carbonyl (C=O) groups is 2. The van der Waals surface area contributed by atoms with E-state index in [1.807, 2.05) is 13.0 Å². The summed E-state index contributed by atoms with van der Waals surface area (Å²) in [5.41, 5.74) is 1.47. The first-order chi connectivity index (χ1) is 13.4. The number of rotatable bonds is 5. The van der Waals surface area contributed by atoms with Gasteiger partial charge in [0.15, 0.2) is 0 Å². The minimum atomic E-state index is -0.702. The first kappa shape index (κ1) is 19.5. The Hall–Kier alpha value is -3.22. The Balaban J connectivity index is 2.46. The Morgan fingerprint density at radius 3 is 2.50 bits per heavy atom. The van der Waals surface area contributed by atoms with Crippen LogP contribution in [0.3, 0.4) is 0 Å². The van der Waals surface area contributed by atoms with Gasteiger partial charge in [0.2, 0.25) is 17.0 Å². The van der Waals surface area contributed by atoms with Crippen molar-refractivity contribution in [3.63, 3.8) is 0 Å². The summed E-state index contributed by atoms with van der Waals surface area (Å²) in [7, 11) is 0. The van der Waals surface area contributed by atoms with Gasteiger partial charge in [-0.3, -0.25) is 9.59 Å². The monoisotopic (exact) mass is 383 g/mol. The van der Waals surface area contributed by atoms with E-state index in [0.29, 0.717) is 23.0 Å². The van der Waals surface area contributed by atoms with Crippen LogP contribution < -0.4 is 10.2 Å². The van der Waals surface area contributed by atoms with Crippen LogP contribution in [0.4, 0.5) is 0 Å². The van der Waals surface area contributed by atoms with Crippen molar-refractivity contribution < 1.29 is 23.5 Å². The summed E-state index contributed by atoms with van der Waals surface area (Å²) in [5, 5.41) is 0.612. The smallest absolute Gasteiger partial charge is 0.343 e. The molecule has 3 rings (SSSR count). The van der Waals surface area contributed by atoms with E-state index in [0.717, 1.165) is 12.0 Å². The van der Waals surface area contributed by atoms with E-state index in [2.05, 4.69) is 4.98 Å². The summed E-state index contributed by atoms with van der Waals surface area (Å²) in [6.45, 7) is 6.78. The van der Waals surface area contributed by atoms with E-state index in [1.54, 1.807) is 26.0 Å². The van der Waals surface area contributed by atoms with Gasteiger partial charge in [-0.05, 0) is 43.0 Å². The van der Waals surface area contributed by atoms with Gasteiger partial charge in [0.05, 0.1) is 17.4 Å². The molecule has 3 aromatic rings. The molecule has 0 radical (unpaired) electrons. The molecule has 0 aliphatic rings. The van der Waals surface area contributed by atoms with Crippen molar-refractivity contribution in [1.29, 1.82) is 0 Å². The van der Waals surface area contributed by atoms with Crippen molar-refractivity contribution in [1.82, 2.24) is 4.98 Å². The fourth-order valence-electron chi connectivity index (χ4n) is 3.17. The Kier molecular flexibility index (Phi) is 5.44. The summed E-state index contributed by atoms with van der Waals surface area (Å²) in [6, 6.07) is 5.37. The molecule has 7 heteroatoms. The molecule has 0 aliphatic heterocycles. The van der Waals surface area contributed by atoms with Crippen molar-refractivity contribution >= 4 is 34.0 Å². The van der Waals surface area contributed by atoms with E-state index in [4.69, 9.17) is 13.9 Å². The molecule has 0 saturated heterocycles. The maximum absolute atomic E-state index is 13.2. The summed E-state index contributed by atoms with van der Waals surface area (Å²) in [6.07, 6.45) is 1.09. The maximum Gasteiger partial charge on any atom is 0.343 e. The first-order valence-electron chi connectivity index (χ1n) is 9.19. The zero-order chi connectivity index (χ0) is 20.4. The summed E-state index contributed by atoms with van der Waals surface area (Å²) in [4.78, 5) is 41.5. The second kappa shape index (κ2) is 7.80. The number of benzene rings is 1. The molecule has 0 spiro atoms. The Bertz CT molecular complexity index is 1150. The molecular weight excluding hydrogens is 362 g/mol. The standard InChI is InChI=1S/C21H21NO6/c1-5-12-8-9-15-14(10-12)18(24)16-13(6-2)17(21(25)26-7-3)20(27-11(4)23)22-19(16)28-15/h8-10H,5-7H2,1-4H3. The van der Waals surface area contributed by atoms with Crippen LogP contribution in [0.2, 0.25) is 0 Å². The Morgan fingerprint density at radius 2 is 1.89 bits per heavy atom. The number of nitrogens with zero attached hydrogens (tertiary/aromatic N) is 1. The predicted molar refractivity (Wildman–Crippen MR) is 104 cm³/mol. The molecule has 0 fully saturated rings. The van der Waals surface area contributed by atoms with Crippen LogP contribution in [-0.4, -0.2) is 23.5 Å². The molecular formula is C21H21NO6. The van der Waals surface area contributed by atoms with Crippen molar-refractivity contribution in [3.05, 3.63) is 45.1 Å². The van der Waals surface area contributed by atoms with Crippen LogP contribution in [0.1, 0.15) is 49.2 Å². The summed E-state index contributed by atoms with van der Waals surface area (Å²) >= 11 is 0. The van der Waals surface area contributed by atoms with Crippen LogP contribution in [0.5, 0.6) is 5.88 Å². The van der Waals surface area contributed by atoms with Crippen LogP contribution >= 0.6 is 0 Å². The quantitative estimate of drug-likeness (QED) is 0.491. The van der Waals surface area contributed by atoms with Crippen LogP contribution in [0, 0.1) is 0 Å². The number of pyridine rings is 1. The number of hydrogen-bond donors (Lipinski definition) is 0. The molecule has 0 N–H and O–H groups in total. The second-order valence-electron chi connectivity index (χ2n) is 6.23. The van der Waals surface area contributed by atoms with Gasteiger partial charge in [-0.2, -0.15) is 4.98 Å². The Labute approximate surface area is 161 Å². The van der Waals surface area contributed by atoms with Gasteiger partial charge in [-0.1, -0.05) is 19.9 Å². The highest BCUT2D eigenvalue weighted by atomic mass is 16.6. The fraction of sp³-hybridized carbons (Fsp3) is 0.333. The van der Waals surface area contributed by atoms with Gasteiger partial charge in [0.25, 0.3) is 0 Å². The van der Waals surface area contributed by atoms with Crippen LogP contribution in [0.25, 0.3) is 22.1 Å². The highest BCUT2D eigenvalue weighted by Gasteiger charge is 2.26. The topological polar surface area (TPSA) is 95.7 Å². The minimum Gasteiger partial charge on any atom is -0.462 e. The molecule has 0 aliphatic carbocycles. The third-order valence-corrected chi connectivity index (χ3v) is 4.44. The molecule has 2 heterocycles. The van der Waals surface area contributed by atoms with Gasteiger partial charge in [-0.25, -0.2) is 4.79 Å². The van der Waals surface area contributed by atoms with Crippen molar-refractivity contribution in [2.24, 2.45) is 0 Å². The predicted octanol–water partition coefficient (Wildman–Crippen LogP) is 3.57. The zero-order valence-corrected chi connectivity index (χ0v) is 16.3. The molecule has 28 heavy (non-hydrogen) atoms. The van der Waals surface area contributed by atoms with Gasteiger partial charge >= 0.3 is 11.9 Å². The van der Waals surface area contributed by atoms with Crippen LogP contribution in [0.15, 0.2) is 27.4 Å². The lowest BCUT2D eigenvalue weighted by atomic mass is 10.0. The number of ether oxygens (including phenoxy) is 2. The van der Waals surface area contributed by atoms with Gasteiger partial charge in [0, 0.05) is 6.92 Å². The van der Waals surface area contributed by atoms with Crippen molar-refractivity contribution in [3.8, 4) is 5.88 Å². The molecule has 2 aromatic heterocycles. The maximum atomic E-state index is 13.2. The van der Waals surface area contributed by atoms with Crippen molar-refractivity contribution in [2.45, 2.75) is 40.5 Å². The molecule has 0 unspecified atom stereocenters. The number of aryl methyl sites for hydroxylation is 2. The lowest BCUT2D eigenvalue weighted by Crippen LogP contribution is -2.17. The SMILES string of the molecule is CCOC(=O)c1c(OC(C)=O)nc2oc3ccc(CC)cc3c(=O)c2c1CC. The van der Waals surface area contributed by atoms with E-state index in [9.17, 15) is 14.4 Å². The molecule has 146 valence electrons. The number of carbonyl (C=O) groups excluding carboxylic acids is 2. The van der Waals surface area contributed by atoms with Gasteiger partial charge in [0.1, 0.15) is 11.1 Å². The molecule has 0 amide bonds. The number of esters is 2. The van der Waals surface area contributed by atoms with E-state index >= 15 is 0 Å². The largest absolute Gasteiger partial charge is 0.462 e. The number of aromatic nitrogens is 1. The zero-order valence-electron chi connectivity index (χ0n) is 16.3. The third kappa shape index (κ3) is 3.35. The van der Waals surface area contributed by atoms with Crippen LogP contribution in [-0.2, 0) is 22.4 Å². The summed E-state index contributed by atoms with van der Waals surface area (Å²) < 4.78 is 16.1. The average Bonchev–Trinajstić information content (AvgIpc) is 2.66. The molecule has 1 aromatic carbocycles. The fourth-order valence-corrected chi connectivity index (χ4v) is 3.17. The average molecular weight is 383 g/mol. The number of fused-ring (bicyclic) bond motifs is 2. The summed E-state index contributed by atoms with van der Waals surface area (Å²) in [5.74, 6) is -1.56. The minimum absolute atomic E-state index is 0.0166. The lowest BCUT2D eigenvalue weighted by molar-refractivity contribution is -0.132. The second-order valence-corrected chi connectivity index (χ2v) is 6.23. The normalized spacial score (nSPS) is 11.0. The highest BCUT2D eigenvalue weighted by molar-refractivity contribution is 6.01. The molecule has 0 bridgehead atoms. The van der Waals surface area contributed by atoms with E-state index in [-0.39, 0.29) is 34.6 Å². The molecule has 0 saturated carbocycles. The Morgan fingerprint density at radius 1 is 1.14 bits per heavy atom. The highest BCUT2D eigenvalue weighted by Crippen LogP contribution is 2.30. The third-order valence-electron chi connectivity index (χ3n) is 4.44. The van der Waals surface area contributed by atoms with E-state index < -0.39 is 11.9 Å². The first-order valence-corrected chi connectivity index (χ1v) is 9.19.